The number of halogens is 4. The summed E-state index contributed by atoms with van der Waals surface area (Å²) in [7, 11) is 0. The summed E-state index contributed by atoms with van der Waals surface area (Å²) in [5, 5.41) is 2.86. The zero-order valence-corrected chi connectivity index (χ0v) is 14.1. The molecule has 0 aliphatic heterocycles. The molecule has 0 unspecified atom stereocenters. The number of carbonyl (C=O) groups is 1. The maximum absolute atomic E-state index is 13.4. The van der Waals surface area contributed by atoms with E-state index in [9.17, 15) is 22.4 Å². The van der Waals surface area contributed by atoms with Crippen molar-refractivity contribution in [2.24, 2.45) is 0 Å². The first-order chi connectivity index (χ1) is 12.3. The second-order valence-electron chi connectivity index (χ2n) is 5.03. The lowest BCUT2D eigenvalue weighted by Crippen LogP contribution is -2.45. The molecule has 0 atom stereocenters. The number of amides is 1. The van der Waals surface area contributed by atoms with Gasteiger partial charge in [-0.1, -0.05) is 18.2 Å². The largest absolute Gasteiger partial charge is 0.477 e. The maximum Gasteiger partial charge on any atom is 0.276 e. The molecule has 0 spiro atoms. The van der Waals surface area contributed by atoms with Crippen LogP contribution in [-0.4, -0.2) is 17.6 Å². The van der Waals surface area contributed by atoms with Crippen molar-refractivity contribution in [3.63, 3.8) is 0 Å². The van der Waals surface area contributed by atoms with Crippen molar-refractivity contribution in [1.29, 1.82) is 0 Å². The molecule has 0 aliphatic carbocycles. The molecular weight excluding hydrogens is 374 g/mol. The van der Waals surface area contributed by atoms with E-state index >= 15 is 0 Å². The molecule has 2 aromatic carbocycles. The molecule has 5 nitrogen and oxygen atoms in total. The number of para-hydroxylation sites is 1. The number of ether oxygens (including phenoxy) is 1. The molecule has 0 bridgehead atoms. The Morgan fingerprint density at radius 3 is 2.31 bits per heavy atom. The molecular formula is C16H13F4N3O2S. The first-order valence-electron chi connectivity index (χ1n) is 7.17. The molecule has 3 N–H and O–H groups in total. The van der Waals surface area contributed by atoms with Gasteiger partial charge in [-0.3, -0.25) is 15.6 Å². The number of benzene rings is 2. The zero-order valence-electron chi connectivity index (χ0n) is 13.3. The van der Waals surface area contributed by atoms with E-state index in [0.717, 1.165) is 5.56 Å². The minimum Gasteiger partial charge on any atom is -0.477 e. The first kappa shape index (κ1) is 19.4. The summed E-state index contributed by atoms with van der Waals surface area (Å²) in [6, 6.07) is 7.26. The molecule has 2 aromatic rings. The molecule has 138 valence electrons. The van der Waals surface area contributed by atoms with Crippen molar-refractivity contribution in [2.75, 3.05) is 11.9 Å². The van der Waals surface area contributed by atoms with Gasteiger partial charge < -0.3 is 10.1 Å². The lowest BCUT2D eigenvalue weighted by atomic mass is 10.2. The smallest absolute Gasteiger partial charge is 0.276 e. The quantitative estimate of drug-likeness (QED) is 0.326. The topological polar surface area (TPSA) is 62.4 Å². The van der Waals surface area contributed by atoms with Gasteiger partial charge in [-0.05, 0) is 30.8 Å². The predicted molar refractivity (Wildman–Crippen MR) is 90.4 cm³/mol. The SMILES string of the molecule is Cc1ccccc1NC(=S)NNC(=O)COc1c(F)c(F)cc(F)c1F. The van der Waals surface area contributed by atoms with E-state index < -0.39 is 41.5 Å². The summed E-state index contributed by atoms with van der Waals surface area (Å²) in [6.07, 6.45) is 0. The van der Waals surface area contributed by atoms with E-state index in [2.05, 4.69) is 20.9 Å². The van der Waals surface area contributed by atoms with Gasteiger partial charge in [0.25, 0.3) is 5.91 Å². The van der Waals surface area contributed by atoms with Crippen molar-refractivity contribution in [3.05, 3.63) is 59.2 Å². The lowest BCUT2D eigenvalue weighted by molar-refractivity contribution is -0.123. The van der Waals surface area contributed by atoms with E-state index in [1.165, 1.54) is 0 Å². The van der Waals surface area contributed by atoms with Crippen LogP contribution < -0.4 is 20.9 Å². The molecule has 1 amide bonds. The van der Waals surface area contributed by atoms with E-state index in [4.69, 9.17) is 12.2 Å². The standard InChI is InChI=1S/C16H13F4N3O2S/c1-8-4-2-3-5-11(8)21-16(26)23-22-12(24)7-25-15-13(19)9(17)6-10(18)14(15)20/h2-6H,7H2,1H3,(H,22,24)(H2,21,23,26). The number of carbonyl (C=O) groups excluding carboxylic acids is 1. The number of nitrogens with one attached hydrogen (secondary N) is 3. The minimum absolute atomic E-state index is 0.0365. The molecule has 0 aliphatic rings. The number of rotatable bonds is 4. The Hall–Kier alpha value is -2.88. The van der Waals surface area contributed by atoms with Gasteiger partial charge in [-0.2, -0.15) is 8.78 Å². The van der Waals surface area contributed by atoms with Gasteiger partial charge in [-0.15, -0.1) is 0 Å². The van der Waals surface area contributed by atoms with Crippen LogP contribution in [0.1, 0.15) is 5.56 Å². The highest BCUT2D eigenvalue weighted by Gasteiger charge is 2.21. The molecule has 10 heteroatoms. The fourth-order valence-corrected chi connectivity index (χ4v) is 2.01. The molecule has 0 radical (unpaired) electrons. The van der Waals surface area contributed by atoms with Crippen molar-refractivity contribution >= 4 is 28.9 Å². The van der Waals surface area contributed by atoms with Gasteiger partial charge in [0.15, 0.2) is 29.1 Å². The van der Waals surface area contributed by atoms with Crippen LogP contribution in [-0.2, 0) is 4.79 Å². The summed E-state index contributed by atoms with van der Waals surface area (Å²) in [4.78, 5) is 11.6. The molecule has 26 heavy (non-hydrogen) atoms. The Bertz CT molecular complexity index is 822. The van der Waals surface area contributed by atoms with E-state index in [-0.39, 0.29) is 11.2 Å². The minimum atomic E-state index is -1.73. The fraction of sp³-hybridized carbons (Fsp3) is 0.125. The van der Waals surface area contributed by atoms with Gasteiger partial charge in [0.1, 0.15) is 0 Å². The zero-order chi connectivity index (χ0) is 19.3. The van der Waals surface area contributed by atoms with Crippen molar-refractivity contribution in [2.45, 2.75) is 6.92 Å². The second kappa shape index (κ2) is 8.48. The van der Waals surface area contributed by atoms with E-state index in [1.807, 2.05) is 19.1 Å². The first-order valence-corrected chi connectivity index (χ1v) is 7.57. The molecule has 0 saturated carbocycles. The van der Waals surface area contributed by atoms with Gasteiger partial charge in [0, 0.05) is 11.8 Å². The third kappa shape index (κ3) is 4.82. The summed E-state index contributed by atoms with van der Waals surface area (Å²) < 4.78 is 57.4. The van der Waals surface area contributed by atoms with Crippen LogP contribution in [0.3, 0.4) is 0 Å². The van der Waals surface area contributed by atoms with Gasteiger partial charge in [0.2, 0.25) is 11.6 Å². The monoisotopic (exact) mass is 387 g/mol. The van der Waals surface area contributed by atoms with Crippen LogP contribution in [0.2, 0.25) is 0 Å². The molecule has 0 heterocycles. The fourth-order valence-electron chi connectivity index (χ4n) is 1.84. The third-order valence-corrected chi connectivity index (χ3v) is 3.33. The summed E-state index contributed by atoms with van der Waals surface area (Å²) in [6.45, 7) is 0.940. The number of hydrogen-bond acceptors (Lipinski definition) is 3. The van der Waals surface area contributed by atoms with Gasteiger partial charge in [-0.25, -0.2) is 8.78 Å². The summed E-state index contributed by atoms with van der Waals surface area (Å²) in [5.41, 5.74) is 6.07. The lowest BCUT2D eigenvalue weighted by Gasteiger charge is -2.13. The summed E-state index contributed by atoms with van der Waals surface area (Å²) in [5.74, 6) is -8.95. The summed E-state index contributed by atoms with van der Waals surface area (Å²) >= 11 is 4.97. The van der Waals surface area contributed by atoms with E-state index in [0.29, 0.717) is 5.69 Å². The highest BCUT2D eigenvalue weighted by atomic mass is 32.1. The van der Waals surface area contributed by atoms with Crippen molar-refractivity contribution in [1.82, 2.24) is 10.9 Å². The molecule has 2 rings (SSSR count). The predicted octanol–water partition coefficient (Wildman–Crippen LogP) is 2.95. The van der Waals surface area contributed by atoms with Crippen LogP contribution in [0.4, 0.5) is 23.2 Å². The van der Waals surface area contributed by atoms with Crippen LogP contribution in [0.25, 0.3) is 0 Å². The number of aryl methyl sites for hydroxylation is 1. The third-order valence-electron chi connectivity index (χ3n) is 3.13. The van der Waals surface area contributed by atoms with Crippen LogP contribution >= 0.6 is 12.2 Å². The average molecular weight is 387 g/mol. The Labute approximate surface area is 151 Å². The Kier molecular flexibility index (Phi) is 6.34. The number of hydrogen-bond donors (Lipinski definition) is 3. The van der Waals surface area contributed by atoms with Crippen molar-refractivity contribution in [3.8, 4) is 5.75 Å². The number of hydrazine groups is 1. The van der Waals surface area contributed by atoms with Crippen LogP contribution in [0.5, 0.6) is 5.75 Å². The molecule has 0 fully saturated rings. The molecule has 0 aromatic heterocycles. The Balaban J connectivity index is 1.86. The van der Waals surface area contributed by atoms with Gasteiger partial charge in [0.05, 0.1) is 0 Å². The highest BCUT2D eigenvalue weighted by Crippen LogP contribution is 2.26. The average Bonchev–Trinajstić information content (AvgIpc) is 2.60. The Morgan fingerprint density at radius 2 is 1.69 bits per heavy atom. The van der Waals surface area contributed by atoms with Crippen LogP contribution in [0.15, 0.2) is 30.3 Å². The normalized spacial score (nSPS) is 10.2. The van der Waals surface area contributed by atoms with Crippen LogP contribution in [0, 0.1) is 30.2 Å². The van der Waals surface area contributed by atoms with E-state index in [1.54, 1.807) is 12.1 Å². The second-order valence-corrected chi connectivity index (χ2v) is 5.44. The maximum atomic E-state index is 13.4. The number of thiocarbonyl (C=S) groups is 1. The highest BCUT2D eigenvalue weighted by molar-refractivity contribution is 7.80. The van der Waals surface area contributed by atoms with Crippen molar-refractivity contribution < 1.29 is 27.1 Å². The number of anilines is 1. The molecule has 0 saturated heterocycles. The van der Waals surface area contributed by atoms with Gasteiger partial charge >= 0.3 is 0 Å². The Morgan fingerprint density at radius 1 is 1.08 bits per heavy atom.